The van der Waals surface area contributed by atoms with Crippen molar-refractivity contribution in [1.82, 2.24) is 14.8 Å². The lowest BCUT2D eigenvalue weighted by atomic mass is 10.0. The average Bonchev–Trinajstić information content (AvgIpc) is 3.23. The minimum atomic E-state index is -3.89. The Labute approximate surface area is 207 Å². The number of nitrogens with one attached hydrogen (secondary N) is 1. The number of primary sulfonamides is 1. The standard InChI is InChI=1S/C26H22N6O3S/c1-16-12-25(32(31-16)20-10-11-21-19(13-20)14-29-15-23(21)27)30-26(33)18-8-6-17(7-9-18)22-4-2-3-5-24(22)36(28,34)35/h2-15H,27H2,1H3,(H,30,33)(H2,28,34,35). The van der Waals surface area contributed by atoms with Crippen molar-refractivity contribution >= 4 is 38.2 Å². The van der Waals surface area contributed by atoms with Crippen molar-refractivity contribution in [2.24, 2.45) is 5.14 Å². The smallest absolute Gasteiger partial charge is 0.256 e. The van der Waals surface area contributed by atoms with E-state index in [9.17, 15) is 13.2 Å². The van der Waals surface area contributed by atoms with Crippen LogP contribution in [0.3, 0.4) is 0 Å². The average molecular weight is 499 g/mol. The van der Waals surface area contributed by atoms with Crippen LogP contribution >= 0.6 is 0 Å². The quantitative estimate of drug-likeness (QED) is 0.335. The van der Waals surface area contributed by atoms with Crippen LogP contribution in [0, 0.1) is 6.92 Å². The molecule has 180 valence electrons. The number of aromatic nitrogens is 3. The Morgan fingerprint density at radius 3 is 2.47 bits per heavy atom. The van der Waals surface area contributed by atoms with E-state index in [0.717, 1.165) is 22.2 Å². The molecule has 0 unspecified atom stereocenters. The highest BCUT2D eigenvalue weighted by atomic mass is 32.2. The molecule has 36 heavy (non-hydrogen) atoms. The van der Waals surface area contributed by atoms with Crippen LogP contribution in [0.25, 0.3) is 27.6 Å². The van der Waals surface area contributed by atoms with Crippen molar-refractivity contribution < 1.29 is 13.2 Å². The molecule has 0 aliphatic rings. The van der Waals surface area contributed by atoms with Gasteiger partial charge in [-0.1, -0.05) is 36.4 Å². The first-order chi connectivity index (χ1) is 17.2. The van der Waals surface area contributed by atoms with Gasteiger partial charge in [0.1, 0.15) is 5.82 Å². The van der Waals surface area contributed by atoms with E-state index in [1.165, 1.54) is 6.07 Å². The van der Waals surface area contributed by atoms with Crippen molar-refractivity contribution in [3.05, 3.63) is 96.4 Å². The molecule has 2 aromatic heterocycles. The number of carbonyl (C=O) groups is 1. The van der Waals surface area contributed by atoms with Gasteiger partial charge in [-0.15, -0.1) is 0 Å². The van der Waals surface area contributed by atoms with Crippen LogP contribution in [0.4, 0.5) is 11.5 Å². The van der Waals surface area contributed by atoms with Gasteiger partial charge in [0.05, 0.1) is 28.2 Å². The van der Waals surface area contributed by atoms with E-state index < -0.39 is 10.0 Å². The van der Waals surface area contributed by atoms with Gasteiger partial charge >= 0.3 is 0 Å². The van der Waals surface area contributed by atoms with Gasteiger partial charge in [-0.2, -0.15) is 5.10 Å². The number of nitrogens with zero attached hydrogens (tertiary/aromatic N) is 3. The fourth-order valence-electron chi connectivity index (χ4n) is 4.05. The van der Waals surface area contributed by atoms with E-state index in [2.05, 4.69) is 15.4 Å². The highest BCUT2D eigenvalue weighted by Gasteiger charge is 2.16. The summed E-state index contributed by atoms with van der Waals surface area (Å²) in [6, 6.07) is 20.5. The number of nitrogens with two attached hydrogens (primary N) is 2. The summed E-state index contributed by atoms with van der Waals surface area (Å²) in [5.41, 5.74) is 9.55. The maximum Gasteiger partial charge on any atom is 0.256 e. The molecule has 0 spiro atoms. The summed E-state index contributed by atoms with van der Waals surface area (Å²) >= 11 is 0. The number of rotatable bonds is 5. The molecular weight excluding hydrogens is 476 g/mol. The van der Waals surface area contributed by atoms with E-state index in [1.807, 2.05) is 25.1 Å². The predicted octanol–water partition coefficient (Wildman–Crippen LogP) is 3.88. The number of nitrogen functional groups attached to an aromatic ring is 1. The number of benzene rings is 3. The van der Waals surface area contributed by atoms with E-state index in [-0.39, 0.29) is 10.8 Å². The van der Waals surface area contributed by atoms with Gasteiger partial charge in [0.15, 0.2) is 0 Å². The topological polar surface area (TPSA) is 146 Å². The Morgan fingerprint density at radius 1 is 0.972 bits per heavy atom. The molecule has 0 aliphatic heterocycles. The molecule has 2 heterocycles. The Kier molecular flexibility index (Phi) is 5.75. The number of pyridine rings is 1. The molecule has 5 aromatic rings. The number of carbonyl (C=O) groups excluding carboxylic acids is 1. The second kappa shape index (κ2) is 8.91. The minimum absolute atomic E-state index is 0.0221. The summed E-state index contributed by atoms with van der Waals surface area (Å²) < 4.78 is 25.5. The first kappa shape index (κ1) is 23.2. The Morgan fingerprint density at radius 2 is 1.72 bits per heavy atom. The summed E-state index contributed by atoms with van der Waals surface area (Å²) in [4.78, 5) is 17.2. The molecule has 0 aliphatic carbocycles. The second-order valence-electron chi connectivity index (χ2n) is 8.29. The van der Waals surface area contributed by atoms with Crippen LogP contribution in [0.1, 0.15) is 16.1 Å². The third-order valence-electron chi connectivity index (χ3n) is 5.74. The molecule has 5 N–H and O–H groups in total. The van der Waals surface area contributed by atoms with Gasteiger partial charge in [0, 0.05) is 34.2 Å². The third kappa shape index (κ3) is 4.42. The SMILES string of the molecule is Cc1cc(NC(=O)c2ccc(-c3ccccc3S(N)(=O)=O)cc2)n(-c2ccc3c(N)cncc3c2)n1. The molecule has 0 saturated heterocycles. The number of anilines is 2. The van der Waals surface area contributed by atoms with Crippen LogP contribution in [0.5, 0.6) is 0 Å². The van der Waals surface area contributed by atoms with Crippen molar-refractivity contribution in [2.75, 3.05) is 11.1 Å². The molecule has 5 rings (SSSR count). The van der Waals surface area contributed by atoms with Gasteiger partial charge in [-0.05, 0) is 42.8 Å². The van der Waals surface area contributed by atoms with Crippen LogP contribution < -0.4 is 16.2 Å². The highest BCUT2D eigenvalue weighted by molar-refractivity contribution is 7.89. The van der Waals surface area contributed by atoms with Crippen LogP contribution in [-0.4, -0.2) is 29.1 Å². The van der Waals surface area contributed by atoms with E-state index in [1.54, 1.807) is 65.6 Å². The molecule has 0 saturated carbocycles. The minimum Gasteiger partial charge on any atom is -0.397 e. The van der Waals surface area contributed by atoms with Crippen molar-refractivity contribution in [3.8, 4) is 16.8 Å². The fraction of sp³-hybridized carbons (Fsp3) is 0.0385. The van der Waals surface area contributed by atoms with Crippen molar-refractivity contribution in [1.29, 1.82) is 0 Å². The molecule has 0 radical (unpaired) electrons. The summed E-state index contributed by atoms with van der Waals surface area (Å²) in [6.45, 7) is 1.84. The Balaban J connectivity index is 1.43. The van der Waals surface area contributed by atoms with Crippen LogP contribution in [-0.2, 0) is 10.0 Å². The first-order valence-electron chi connectivity index (χ1n) is 10.9. The normalized spacial score (nSPS) is 11.5. The summed E-state index contributed by atoms with van der Waals surface area (Å²) in [7, 11) is -3.89. The molecule has 0 bridgehead atoms. The number of aryl methyl sites for hydroxylation is 1. The number of hydrogen-bond acceptors (Lipinski definition) is 6. The van der Waals surface area contributed by atoms with Crippen molar-refractivity contribution in [3.63, 3.8) is 0 Å². The van der Waals surface area contributed by atoms with Crippen LogP contribution in [0.2, 0.25) is 0 Å². The molecule has 10 heteroatoms. The highest BCUT2D eigenvalue weighted by Crippen LogP contribution is 2.28. The number of hydrogen-bond donors (Lipinski definition) is 3. The maximum absolute atomic E-state index is 13.0. The van der Waals surface area contributed by atoms with Crippen LogP contribution in [0.15, 0.2) is 90.1 Å². The number of amides is 1. The lowest BCUT2D eigenvalue weighted by Crippen LogP contribution is -2.15. The Hall–Kier alpha value is -4.54. The Bertz CT molecular complexity index is 1730. The fourth-order valence-corrected chi connectivity index (χ4v) is 4.81. The monoisotopic (exact) mass is 498 g/mol. The maximum atomic E-state index is 13.0. The van der Waals surface area contributed by atoms with Gasteiger partial charge in [-0.3, -0.25) is 9.78 Å². The van der Waals surface area contributed by atoms with Gasteiger partial charge in [0.2, 0.25) is 10.0 Å². The summed E-state index contributed by atoms with van der Waals surface area (Å²) in [5, 5.41) is 14.5. The molecule has 9 nitrogen and oxygen atoms in total. The van der Waals surface area contributed by atoms with Gasteiger partial charge in [0.25, 0.3) is 5.91 Å². The second-order valence-corrected chi connectivity index (χ2v) is 9.82. The van der Waals surface area contributed by atoms with Gasteiger partial charge in [-0.25, -0.2) is 18.2 Å². The number of fused-ring (bicyclic) bond motifs is 1. The molecular formula is C26H22N6O3S. The first-order valence-corrected chi connectivity index (χ1v) is 12.5. The zero-order valence-electron chi connectivity index (χ0n) is 19.2. The zero-order valence-corrected chi connectivity index (χ0v) is 20.0. The van der Waals surface area contributed by atoms with E-state index in [0.29, 0.717) is 28.2 Å². The lowest BCUT2D eigenvalue weighted by molar-refractivity contribution is 0.102. The largest absolute Gasteiger partial charge is 0.397 e. The lowest BCUT2D eigenvalue weighted by Gasteiger charge is -2.11. The molecule has 3 aromatic carbocycles. The summed E-state index contributed by atoms with van der Waals surface area (Å²) in [5.74, 6) is 0.159. The van der Waals surface area contributed by atoms with E-state index >= 15 is 0 Å². The summed E-state index contributed by atoms with van der Waals surface area (Å²) in [6.07, 6.45) is 3.32. The number of sulfonamides is 1. The third-order valence-corrected chi connectivity index (χ3v) is 6.71. The zero-order chi connectivity index (χ0) is 25.4. The molecule has 0 atom stereocenters. The molecule has 0 fully saturated rings. The molecule has 1 amide bonds. The van der Waals surface area contributed by atoms with Gasteiger partial charge < -0.3 is 11.1 Å². The van der Waals surface area contributed by atoms with Crippen molar-refractivity contribution in [2.45, 2.75) is 11.8 Å². The van der Waals surface area contributed by atoms with E-state index in [4.69, 9.17) is 10.9 Å². The predicted molar refractivity (Wildman–Crippen MR) is 139 cm³/mol.